The van der Waals surface area contributed by atoms with Crippen molar-refractivity contribution in [2.75, 3.05) is 0 Å². The number of nitrogens with zero attached hydrogens (tertiary/aromatic N) is 1. The van der Waals surface area contributed by atoms with Crippen LogP contribution in [-0.4, -0.2) is 36.2 Å². The van der Waals surface area contributed by atoms with Gasteiger partial charge in [0.1, 0.15) is 24.4 Å². The van der Waals surface area contributed by atoms with Crippen molar-refractivity contribution in [1.29, 1.82) is 5.26 Å². The summed E-state index contributed by atoms with van der Waals surface area (Å²) in [5.74, 6) is -1.43. The van der Waals surface area contributed by atoms with Crippen molar-refractivity contribution in [3.05, 3.63) is 119 Å². The van der Waals surface area contributed by atoms with Gasteiger partial charge in [-0.05, 0) is 54.3 Å². The number of carbonyl (C=O) groups is 1. The summed E-state index contributed by atoms with van der Waals surface area (Å²) in [5.41, 5.74) is 4.20. The fraction of sp³-hybridized carbons (Fsp3) is 0.333. The number of nitriles is 1. The molecular formula is C33H33NO6. The minimum atomic E-state index is -0.985. The average molecular weight is 540 g/mol. The predicted molar refractivity (Wildman–Crippen MR) is 148 cm³/mol. The van der Waals surface area contributed by atoms with Crippen LogP contribution < -0.4 is 0 Å². The van der Waals surface area contributed by atoms with Crippen LogP contribution in [0.5, 0.6) is 0 Å². The van der Waals surface area contributed by atoms with Crippen LogP contribution >= 0.6 is 0 Å². The van der Waals surface area contributed by atoms with E-state index in [1.54, 1.807) is 12.1 Å². The lowest BCUT2D eigenvalue weighted by Crippen LogP contribution is -2.58. The Balaban J connectivity index is 1.54. The lowest BCUT2D eigenvalue weighted by atomic mass is 9.82. The smallest absolute Gasteiger partial charge is 0.303 e. The van der Waals surface area contributed by atoms with Gasteiger partial charge in [-0.15, -0.1) is 0 Å². The van der Waals surface area contributed by atoms with E-state index >= 15 is 0 Å². The second-order valence-corrected chi connectivity index (χ2v) is 10.4. The number of fused-ring (bicyclic) bond motifs is 1. The minimum absolute atomic E-state index is 0.309. The lowest BCUT2D eigenvalue weighted by Gasteiger charge is -2.49. The second kappa shape index (κ2) is 12.2. The van der Waals surface area contributed by atoms with Crippen molar-refractivity contribution >= 4 is 5.97 Å². The molecule has 1 heterocycles. The monoisotopic (exact) mass is 539 g/mol. The highest BCUT2D eigenvalue weighted by Crippen LogP contribution is 2.45. The van der Waals surface area contributed by atoms with Gasteiger partial charge in [-0.3, -0.25) is 4.79 Å². The third-order valence-corrected chi connectivity index (χ3v) is 6.96. The van der Waals surface area contributed by atoms with Gasteiger partial charge in [0.25, 0.3) is 0 Å². The summed E-state index contributed by atoms with van der Waals surface area (Å²) in [7, 11) is 0. The predicted octanol–water partition coefficient (Wildman–Crippen LogP) is 5.79. The second-order valence-electron chi connectivity index (χ2n) is 10.4. The molecule has 0 saturated carbocycles. The van der Waals surface area contributed by atoms with Gasteiger partial charge in [-0.1, -0.05) is 72.8 Å². The summed E-state index contributed by atoms with van der Waals surface area (Å²) in [4.78, 5) is 12.4. The Bertz CT molecular complexity index is 1360. The number of carbonyl (C=O) groups excluding carboxylic acids is 1. The SMILES string of the molecule is CC(=O)O[C@H]1[C@H](OCc2ccccc2)[C@@H](OCc2ccccc2)C=C2[C@H](c3ccc(C#N)cc3)OC(C)(C)O[C@@H]21. The molecule has 40 heavy (non-hydrogen) atoms. The molecule has 206 valence electrons. The summed E-state index contributed by atoms with van der Waals surface area (Å²) in [6.45, 7) is 5.71. The molecule has 0 N–H and O–H groups in total. The van der Waals surface area contributed by atoms with E-state index < -0.39 is 42.3 Å². The molecule has 0 aromatic heterocycles. The van der Waals surface area contributed by atoms with E-state index in [1.807, 2.05) is 92.7 Å². The maximum absolute atomic E-state index is 12.4. The van der Waals surface area contributed by atoms with E-state index in [9.17, 15) is 10.1 Å². The van der Waals surface area contributed by atoms with Crippen molar-refractivity contribution in [3.63, 3.8) is 0 Å². The van der Waals surface area contributed by atoms with E-state index in [4.69, 9.17) is 23.7 Å². The van der Waals surface area contributed by atoms with Crippen molar-refractivity contribution in [1.82, 2.24) is 0 Å². The van der Waals surface area contributed by atoms with Crippen molar-refractivity contribution in [3.8, 4) is 6.07 Å². The van der Waals surface area contributed by atoms with Crippen molar-refractivity contribution in [2.24, 2.45) is 0 Å². The number of rotatable bonds is 8. The quantitative estimate of drug-likeness (QED) is 0.264. The summed E-state index contributed by atoms with van der Waals surface area (Å²) in [6.07, 6.45) is -1.14. The third kappa shape index (κ3) is 6.49. The van der Waals surface area contributed by atoms with Crippen molar-refractivity contribution < 1.29 is 28.5 Å². The number of ether oxygens (including phenoxy) is 5. The van der Waals surface area contributed by atoms with Crippen LogP contribution in [0.4, 0.5) is 0 Å². The molecule has 5 rings (SSSR count). The molecule has 3 aromatic carbocycles. The molecule has 0 spiro atoms. The first-order valence-electron chi connectivity index (χ1n) is 13.4. The average Bonchev–Trinajstić information content (AvgIpc) is 2.96. The van der Waals surface area contributed by atoms with Crippen LogP contribution in [0.3, 0.4) is 0 Å². The number of benzene rings is 3. The molecule has 1 fully saturated rings. The Morgan fingerprint density at radius 2 is 1.45 bits per heavy atom. The number of hydrogen-bond donors (Lipinski definition) is 0. The first kappa shape index (κ1) is 27.8. The topological polar surface area (TPSA) is 87.0 Å². The molecule has 5 atom stereocenters. The third-order valence-electron chi connectivity index (χ3n) is 6.96. The molecule has 0 bridgehead atoms. The maximum atomic E-state index is 12.4. The minimum Gasteiger partial charge on any atom is -0.457 e. The van der Waals surface area contributed by atoms with Gasteiger partial charge >= 0.3 is 5.97 Å². The Labute approximate surface area is 234 Å². The summed E-state index contributed by atoms with van der Waals surface area (Å²) < 4.78 is 31.7. The van der Waals surface area contributed by atoms with Crippen LogP contribution in [0.25, 0.3) is 0 Å². The Kier molecular flexibility index (Phi) is 8.43. The molecule has 0 unspecified atom stereocenters. The number of hydrogen-bond acceptors (Lipinski definition) is 7. The molecular weight excluding hydrogens is 506 g/mol. The maximum Gasteiger partial charge on any atom is 0.303 e. The van der Waals surface area contributed by atoms with Gasteiger partial charge in [-0.2, -0.15) is 5.26 Å². The van der Waals surface area contributed by atoms with Crippen molar-refractivity contribution in [2.45, 2.75) is 70.3 Å². The molecule has 0 radical (unpaired) electrons. The Morgan fingerprint density at radius 3 is 2.02 bits per heavy atom. The molecule has 7 heteroatoms. The van der Waals surface area contributed by atoms with Crippen LogP contribution in [-0.2, 0) is 41.7 Å². The van der Waals surface area contributed by atoms with Gasteiger partial charge in [0, 0.05) is 6.92 Å². The molecule has 3 aromatic rings. The molecule has 1 aliphatic heterocycles. The Morgan fingerprint density at radius 1 is 0.850 bits per heavy atom. The van der Waals surface area contributed by atoms with E-state index in [0.29, 0.717) is 18.8 Å². The summed E-state index contributed by atoms with van der Waals surface area (Å²) in [6, 6.07) is 29.1. The molecule has 1 aliphatic carbocycles. The summed E-state index contributed by atoms with van der Waals surface area (Å²) >= 11 is 0. The highest BCUT2D eigenvalue weighted by Gasteiger charge is 2.52. The molecule has 2 aliphatic rings. The lowest BCUT2D eigenvalue weighted by molar-refractivity contribution is -0.305. The highest BCUT2D eigenvalue weighted by molar-refractivity contribution is 5.66. The first-order valence-corrected chi connectivity index (χ1v) is 13.4. The standard InChI is InChI=1S/C33H33NO6/c1-22(35)38-32-30-27(29(39-33(2,3)40-30)26-16-14-23(19-34)15-17-26)18-28(36-20-24-10-6-4-7-11-24)31(32)37-21-25-12-8-5-9-13-25/h4-18,28-32H,20-21H2,1-3H3/t28-,29-,30-,31+,32+/m0/s1. The van der Waals surface area contributed by atoms with E-state index in [0.717, 1.165) is 22.3 Å². The fourth-order valence-electron chi connectivity index (χ4n) is 5.16. The van der Waals surface area contributed by atoms with Gasteiger partial charge in [0.05, 0.1) is 24.8 Å². The van der Waals surface area contributed by atoms with E-state index in [-0.39, 0.29) is 0 Å². The van der Waals surface area contributed by atoms with Crippen LogP contribution in [0, 0.1) is 11.3 Å². The molecule has 0 amide bonds. The zero-order chi connectivity index (χ0) is 28.1. The fourth-order valence-corrected chi connectivity index (χ4v) is 5.16. The highest BCUT2D eigenvalue weighted by atomic mass is 16.7. The normalized spacial score (nSPS) is 25.2. The van der Waals surface area contributed by atoms with Gasteiger partial charge in [-0.25, -0.2) is 0 Å². The van der Waals surface area contributed by atoms with Gasteiger partial charge in [0.15, 0.2) is 11.9 Å². The number of esters is 1. The van der Waals surface area contributed by atoms with Gasteiger partial charge < -0.3 is 23.7 Å². The molecule has 1 saturated heterocycles. The largest absolute Gasteiger partial charge is 0.457 e. The molecule has 7 nitrogen and oxygen atoms in total. The van der Waals surface area contributed by atoms with Crippen LogP contribution in [0.1, 0.15) is 49.1 Å². The zero-order valence-corrected chi connectivity index (χ0v) is 22.9. The summed E-state index contributed by atoms with van der Waals surface area (Å²) in [5, 5.41) is 9.29. The van der Waals surface area contributed by atoms with Gasteiger partial charge in [0.2, 0.25) is 0 Å². The zero-order valence-electron chi connectivity index (χ0n) is 22.9. The van der Waals surface area contributed by atoms with Crippen LogP contribution in [0.15, 0.2) is 96.6 Å². The first-order chi connectivity index (χ1) is 19.3. The Hall–Kier alpha value is -3.80. The van der Waals surface area contributed by atoms with E-state index in [1.165, 1.54) is 6.92 Å². The van der Waals surface area contributed by atoms with Crippen LogP contribution in [0.2, 0.25) is 0 Å². The van der Waals surface area contributed by atoms with E-state index in [2.05, 4.69) is 6.07 Å².